The maximum absolute atomic E-state index is 4.41. The fraction of sp³-hybridized carbons (Fsp3) is 0.438. The monoisotopic (exact) mass is 257 g/mol. The lowest BCUT2D eigenvalue weighted by Crippen LogP contribution is -2.31. The Hall–Kier alpha value is -1.61. The van der Waals surface area contributed by atoms with E-state index >= 15 is 0 Å². The summed E-state index contributed by atoms with van der Waals surface area (Å²) in [6, 6.07) is 10.7. The highest BCUT2D eigenvalue weighted by Gasteiger charge is 2.09. The molecule has 2 rings (SSSR count). The minimum atomic E-state index is 0.532. The van der Waals surface area contributed by atoms with Gasteiger partial charge in [0.15, 0.2) is 0 Å². The fourth-order valence-corrected chi connectivity index (χ4v) is 2.01. The van der Waals surface area contributed by atoms with Crippen LogP contribution in [0.25, 0.3) is 5.69 Å². The minimum Gasteiger partial charge on any atom is -0.310 e. The van der Waals surface area contributed by atoms with Gasteiger partial charge in [-0.1, -0.05) is 38.5 Å². The van der Waals surface area contributed by atoms with Crippen LogP contribution < -0.4 is 5.32 Å². The molecule has 1 N–H and O–H groups in total. The van der Waals surface area contributed by atoms with Crippen LogP contribution in [-0.2, 0) is 6.54 Å². The average molecular weight is 257 g/mol. The molecule has 0 aliphatic heterocycles. The maximum Gasteiger partial charge on any atom is 0.0645 e. The summed E-state index contributed by atoms with van der Waals surface area (Å²) < 4.78 is 1.92. The second-order valence-electron chi connectivity index (χ2n) is 5.18. The van der Waals surface area contributed by atoms with E-state index in [9.17, 15) is 0 Å². The molecule has 0 saturated carbocycles. The zero-order chi connectivity index (χ0) is 13.7. The van der Waals surface area contributed by atoms with Crippen LogP contribution in [0.4, 0.5) is 0 Å². The smallest absolute Gasteiger partial charge is 0.0645 e. The normalized spacial score (nSPS) is 14.3. The van der Waals surface area contributed by atoms with E-state index in [2.05, 4.69) is 49.5 Å². The second-order valence-corrected chi connectivity index (χ2v) is 5.18. The van der Waals surface area contributed by atoms with E-state index in [0.29, 0.717) is 12.0 Å². The van der Waals surface area contributed by atoms with Crippen molar-refractivity contribution in [3.8, 4) is 5.69 Å². The van der Waals surface area contributed by atoms with Crippen molar-refractivity contribution < 1.29 is 0 Å². The highest BCUT2D eigenvalue weighted by Crippen LogP contribution is 2.10. The molecule has 0 spiro atoms. The Morgan fingerprint density at radius 1 is 1.21 bits per heavy atom. The molecule has 19 heavy (non-hydrogen) atoms. The molecule has 1 aromatic carbocycles. The van der Waals surface area contributed by atoms with E-state index in [4.69, 9.17) is 0 Å². The number of para-hydroxylation sites is 1. The van der Waals surface area contributed by atoms with Gasteiger partial charge in [-0.15, -0.1) is 0 Å². The van der Waals surface area contributed by atoms with E-state index in [1.54, 1.807) is 0 Å². The molecule has 2 unspecified atom stereocenters. The molecule has 0 fully saturated rings. The summed E-state index contributed by atoms with van der Waals surface area (Å²) in [4.78, 5) is 0. The van der Waals surface area contributed by atoms with Crippen LogP contribution in [0.15, 0.2) is 42.7 Å². The number of hydrogen-bond acceptors (Lipinski definition) is 2. The molecule has 0 bridgehead atoms. The first-order valence-electron chi connectivity index (χ1n) is 7.03. The van der Waals surface area contributed by atoms with E-state index in [1.807, 2.05) is 29.1 Å². The standard InChI is InChI=1S/C16H23N3/c1-4-13(2)14(3)17-10-15-11-18-19(12-15)16-8-6-5-7-9-16/h5-9,11-14,17H,4,10H2,1-3H3. The van der Waals surface area contributed by atoms with Crippen molar-refractivity contribution in [2.24, 2.45) is 5.92 Å². The van der Waals surface area contributed by atoms with Crippen LogP contribution in [0.1, 0.15) is 32.8 Å². The van der Waals surface area contributed by atoms with Crippen LogP contribution in [-0.4, -0.2) is 15.8 Å². The number of hydrogen-bond donors (Lipinski definition) is 1. The molecule has 3 heteroatoms. The highest BCUT2D eigenvalue weighted by molar-refractivity contribution is 5.30. The first-order valence-corrected chi connectivity index (χ1v) is 7.03. The predicted octanol–water partition coefficient (Wildman–Crippen LogP) is 3.40. The molecular weight excluding hydrogens is 234 g/mol. The number of rotatable bonds is 6. The van der Waals surface area contributed by atoms with Gasteiger partial charge in [-0.2, -0.15) is 5.10 Å². The molecule has 0 amide bonds. The third-order valence-corrected chi connectivity index (χ3v) is 3.78. The molecular formula is C16H23N3. The van der Waals surface area contributed by atoms with Crippen LogP contribution in [0.3, 0.4) is 0 Å². The Labute approximate surface area is 115 Å². The van der Waals surface area contributed by atoms with Gasteiger partial charge < -0.3 is 5.32 Å². The lowest BCUT2D eigenvalue weighted by Gasteiger charge is -2.19. The first kappa shape index (κ1) is 13.8. The summed E-state index contributed by atoms with van der Waals surface area (Å²) in [7, 11) is 0. The Morgan fingerprint density at radius 2 is 1.95 bits per heavy atom. The Kier molecular flexibility index (Phi) is 4.74. The molecule has 0 radical (unpaired) electrons. The minimum absolute atomic E-state index is 0.532. The number of benzene rings is 1. The molecule has 0 aliphatic carbocycles. The van der Waals surface area contributed by atoms with Crippen LogP contribution in [0.2, 0.25) is 0 Å². The summed E-state index contributed by atoms with van der Waals surface area (Å²) in [6.07, 6.45) is 5.23. The van der Waals surface area contributed by atoms with Gasteiger partial charge in [0.1, 0.15) is 0 Å². The molecule has 1 aromatic heterocycles. The summed E-state index contributed by atoms with van der Waals surface area (Å²) >= 11 is 0. The molecule has 3 nitrogen and oxygen atoms in total. The molecule has 102 valence electrons. The zero-order valence-corrected chi connectivity index (χ0v) is 12.0. The van der Waals surface area contributed by atoms with Crippen molar-refractivity contribution in [1.29, 1.82) is 0 Å². The summed E-state index contributed by atoms with van der Waals surface area (Å²) in [5.74, 6) is 0.698. The van der Waals surface area contributed by atoms with Gasteiger partial charge in [0, 0.05) is 24.3 Å². The maximum atomic E-state index is 4.41. The Balaban J connectivity index is 1.95. The van der Waals surface area contributed by atoms with E-state index < -0.39 is 0 Å². The van der Waals surface area contributed by atoms with Crippen molar-refractivity contribution in [2.75, 3.05) is 0 Å². The van der Waals surface area contributed by atoms with Gasteiger partial charge in [-0.05, 0) is 25.0 Å². The van der Waals surface area contributed by atoms with Gasteiger partial charge in [0.2, 0.25) is 0 Å². The zero-order valence-electron chi connectivity index (χ0n) is 12.0. The van der Waals surface area contributed by atoms with Crippen molar-refractivity contribution in [2.45, 2.75) is 39.8 Å². The largest absolute Gasteiger partial charge is 0.310 e. The third kappa shape index (κ3) is 3.67. The van der Waals surface area contributed by atoms with E-state index in [-0.39, 0.29) is 0 Å². The topological polar surface area (TPSA) is 29.9 Å². The van der Waals surface area contributed by atoms with Gasteiger partial charge in [-0.3, -0.25) is 0 Å². The molecule has 0 saturated heterocycles. The SMILES string of the molecule is CCC(C)C(C)NCc1cnn(-c2ccccc2)c1. The van der Waals surface area contributed by atoms with Crippen LogP contribution in [0.5, 0.6) is 0 Å². The lowest BCUT2D eigenvalue weighted by atomic mass is 10.0. The Bertz CT molecular complexity index is 490. The quantitative estimate of drug-likeness (QED) is 0.859. The van der Waals surface area contributed by atoms with E-state index in [1.165, 1.54) is 12.0 Å². The molecule has 2 atom stereocenters. The van der Waals surface area contributed by atoms with E-state index in [0.717, 1.165) is 12.2 Å². The average Bonchev–Trinajstić information content (AvgIpc) is 2.93. The number of nitrogens with zero attached hydrogens (tertiary/aromatic N) is 2. The lowest BCUT2D eigenvalue weighted by molar-refractivity contribution is 0.389. The van der Waals surface area contributed by atoms with Crippen molar-refractivity contribution in [3.05, 3.63) is 48.3 Å². The van der Waals surface area contributed by atoms with Gasteiger partial charge in [-0.25, -0.2) is 4.68 Å². The predicted molar refractivity (Wildman–Crippen MR) is 79.3 cm³/mol. The summed E-state index contributed by atoms with van der Waals surface area (Å²) in [5.41, 5.74) is 2.32. The number of nitrogens with one attached hydrogen (secondary N) is 1. The third-order valence-electron chi connectivity index (χ3n) is 3.78. The molecule has 1 heterocycles. The Morgan fingerprint density at radius 3 is 2.63 bits per heavy atom. The fourth-order valence-electron chi connectivity index (χ4n) is 2.01. The summed E-state index contributed by atoms with van der Waals surface area (Å²) in [6.45, 7) is 7.63. The van der Waals surface area contributed by atoms with Gasteiger partial charge in [0.05, 0.1) is 11.9 Å². The molecule has 0 aliphatic rings. The highest BCUT2D eigenvalue weighted by atomic mass is 15.3. The number of aromatic nitrogens is 2. The second kappa shape index (κ2) is 6.53. The van der Waals surface area contributed by atoms with Crippen molar-refractivity contribution >= 4 is 0 Å². The van der Waals surface area contributed by atoms with Crippen molar-refractivity contribution in [3.63, 3.8) is 0 Å². The molecule has 2 aromatic rings. The van der Waals surface area contributed by atoms with Gasteiger partial charge in [0.25, 0.3) is 0 Å². The first-order chi connectivity index (χ1) is 9.20. The van der Waals surface area contributed by atoms with Crippen molar-refractivity contribution in [1.82, 2.24) is 15.1 Å². The van der Waals surface area contributed by atoms with Crippen LogP contribution in [0, 0.1) is 5.92 Å². The van der Waals surface area contributed by atoms with Crippen LogP contribution >= 0.6 is 0 Å². The van der Waals surface area contributed by atoms with Gasteiger partial charge >= 0.3 is 0 Å². The summed E-state index contributed by atoms with van der Waals surface area (Å²) in [5, 5.41) is 7.97.